The van der Waals surface area contributed by atoms with Crippen molar-refractivity contribution < 1.29 is 0 Å². The van der Waals surface area contributed by atoms with Crippen molar-refractivity contribution in [2.75, 3.05) is 39.3 Å². The van der Waals surface area contributed by atoms with Crippen LogP contribution in [0.2, 0.25) is 0 Å². The molecular formula is C14H25N5. The van der Waals surface area contributed by atoms with Gasteiger partial charge >= 0.3 is 0 Å². The zero-order valence-corrected chi connectivity index (χ0v) is 12.0. The highest BCUT2D eigenvalue weighted by atomic mass is 15.4. The summed E-state index contributed by atoms with van der Waals surface area (Å²) in [5.74, 6) is 0. The molecule has 0 saturated carbocycles. The highest BCUT2D eigenvalue weighted by molar-refractivity contribution is 5.12. The molecule has 3 fully saturated rings. The highest BCUT2D eigenvalue weighted by Crippen LogP contribution is 2.27. The minimum atomic E-state index is 0.399. The number of nitrogens with zero attached hydrogens (tertiary/aromatic N) is 4. The van der Waals surface area contributed by atoms with Gasteiger partial charge in [0.25, 0.3) is 0 Å². The van der Waals surface area contributed by atoms with Gasteiger partial charge < -0.3 is 5.32 Å². The molecule has 19 heavy (non-hydrogen) atoms. The Balaban J connectivity index is 1.84. The molecule has 4 rings (SSSR count). The molecule has 2 atom stereocenters. The van der Waals surface area contributed by atoms with Crippen LogP contribution in [0.5, 0.6) is 0 Å². The average molecular weight is 263 g/mol. The second-order valence-electron chi connectivity index (χ2n) is 5.51. The molecule has 5 heteroatoms. The van der Waals surface area contributed by atoms with Crippen LogP contribution in [0.15, 0.2) is 12.3 Å². The molecule has 1 N–H and O–H groups in total. The standard InChI is InChI=1S/C14H25N5/c1-3-15-14(12-5-6-16-19(12)4-2)13-11-17-7-9-18(13)10-8-17/h5-6,13-15H,3-4,7-11H2,1-2H3. The third kappa shape index (κ3) is 2.42. The van der Waals surface area contributed by atoms with Gasteiger partial charge in [-0.05, 0) is 19.5 Å². The second kappa shape index (κ2) is 5.61. The van der Waals surface area contributed by atoms with Gasteiger partial charge in [0.15, 0.2) is 0 Å². The summed E-state index contributed by atoms with van der Waals surface area (Å²) in [6.07, 6.45) is 1.93. The molecule has 4 heterocycles. The molecule has 5 nitrogen and oxygen atoms in total. The zero-order valence-electron chi connectivity index (χ0n) is 12.0. The largest absolute Gasteiger partial charge is 0.308 e. The van der Waals surface area contributed by atoms with Crippen LogP contribution in [0, 0.1) is 0 Å². The predicted octanol–water partition coefficient (Wildman–Crippen LogP) is 0.553. The van der Waals surface area contributed by atoms with Crippen molar-refractivity contribution in [2.24, 2.45) is 0 Å². The lowest BCUT2D eigenvalue weighted by Gasteiger charge is -2.50. The Hall–Kier alpha value is -0.910. The monoisotopic (exact) mass is 263 g/mol. The molecule has 2 bridgehead atoms. The fourth-order valence-corrected chi connectivity index (χ4v) is 3.50. The van der Waals surface area contributed by atoms with E-state index in [0.717, 1.165) is 13.1 Å². The Morgan fingerprint density at radius 2 is 2.11 bits per heavy atom. The first kappa shape index (κ1) is 13.1. The molecule has 0 radical (unpaired) electrons. The number of nitrogens with one attached hydrogen (secondary N) is 1. The van der Waals surface area contributed by atoms with Crippen LogP contribution in [0.25, 0.3) is 0 Å². The van der Waals surface area contributed by atoms with Crippen LogP contribution in [-0.4, -0.2) is 64.9 Å². The number of rotatable bonds is 5. The number of piperazine rings is 3. The Kier molecular flexibility index (Phi) is 3.86. The normalized spacial score (nSPS) is 31.6. The Bertz CT molecular complexity index is 408. The fraction of sp³-hybridized carbons (Fsp3) is 0.786. The predicted molar refractivity (Wildman–Crippen MR) is 76.1 cm³/mol. The Morgan fingerprint density at radius 1 is 1.32 bits per heavy atom. The molecule has 2 unspecified atom stereocenters. The summed E-state index contributed by atoms with van der Waals surface area (Å²) in [7, 11) is 0. The maximum atomic E-state index is 4.44. The molecule has 0 aromatic carbocycles. The summed E-state index contributed by atoms with van der Waals surface area (Å²) >= 11 is 0. The van der Waals surface area contributed by atoms with Gasteiger partial charge in [-0.15, -0.1) is 0 Å². The maximum absolute atomic E-state index is 4.44. The summed E-state index contributed by atoms with van der Waals surface area (Å²) < 4.78 is 2.13. The van der Waals surface area contributed by atoms with E-state index in [0.29, 0.717) is 12.1 Å². The van der Waals surface area contributed by atoms with Gasteiger partial charge in [0.2, 0.25) is 0 Å². The molecule has 1 aromatic heterocycles. The van der Waals surface area contributed by atoms with Crippen LogP contribution in [0.1, 0.15) is 25.6 Å². The second-order valence-corrected chi connectivity index (χ2v) is 5.51. The fourth-order valence-electron chi connectivity index (χ4n) is 3.50. The van der Waals surface area contributed by atoms with E-state index in [1.165, 1.54) is 38.4 Å². The average Bonchev–Trinajstić information content (AvgIpc) is 2.94. The molecule has 1 aromatic rings. The van der Waals surface area contributed by atoms with Crippen LogP contribution in [-0.2, 0) is 6.54 Å². The van der Waals surface area contributed by atoms with E-state index in [1.807, 2.05) is 6.20 Å². The van der Waals surface area contributed by atoms with Gasteiger partial charge in [0.1, 0.15) is 0 Å². The molecule has 3 aliphatic rings. The van der Waals surface area contributed by atoms with Crippen molar-refractivity contribution >= 4 is 0 Å². The number of aryl methyl sites for hydroxylation is 1. The molecule has 0 amide bonds. The van der Waals surface area contributed by atoms with Crippen molar-refractivity contribution in [3.05, 3.63) is 18.0 Å². The van der Waals surface area contributed by atoms with Gasteiger partial charge in [0.05, 0.1) is 11.7 Å². The summed E-state index contributed by atoms with van der Waals surface area (Å²) in [6, 6.07) is 3.16. The number of hydrogen-bond donors (Lipinski definition) is 1. The quantitative estimate of drug-likeness (QED) is 0.842. The van der Waals surface area contributed by atoms with Crippen LogP contribution < -0.4 is 5.32 Å². The highest BCUT2D eigenvalue weighted by Gasteiger charge is 2.38. The van der Waals surface area contributed by atoms with E-state index >= 15 is 0 Å². The smallest absolute Gasteiger partial charge is 0.0662 e. The summed E-state index contributed by atoms with van der Waals surface area (Å²) in [5.41, 5.74) is 1.34. The van der Waals surface area contributed by atoms with E-state index in [-0.39, 0.29) is 0 Å². The first-order valence-corrected chi connectivity index (χ1v) is 7.55. The lowest BCUT2D eigenvalue weighted by atomic mass is 9.97. The van der Waals surface area contributed by atoms with E-state index in [2.05, 4.69) is 44.8 Å². The van der Waals surface area contributed by atoms with Crippen molar-refractivity contribution in [3.63, 3.8) is 0 Å². The third-order valence-corrected chi connectivity index (χ3v) is 4.50. The Morgan fingerprint density at radius 3 is 2.68 bits per heavy atom. The third-order valence-electron chi connectivity index (χ3n) is 4.50. The number of fused-ring (bicyclic) bond motifs is 3. The van der Waals surface area contributed by atoms with Crippen LogP contribution in [0.4, 0.5) is 0 Å². The van der Waals surface area contributed by atoms with Gasteiger partial charge in [-0.2, -0.15) is 5.10 Å². The van der Waals surface area contributed by atoms with E-state index in [1.54, 1.807) is 0 Å². The maximum Gasteiger partial charge on any atom is 0.0662 e. The zero-order chi connectivity index (χ0) is 13.2. The Labute approximate surface area is 115 Å². The van der Waals surface area contributed by atoms with Crippen molar-refractivity contribution in [2.45, 2.75) is 32.5 Å². The number of likely N-dealkylation sites (N-methyl/N-ethyl adjacent to an activating group) is 1. The molecule has 3 aliphatic heterocycles. The van der Waals surface area contributed by atoms with E-state index < -0.39 is 0 Å². The first-order chi connectivity index (χ1) is 9.33. The lowest BCUT2D eigenvalue weighted by molar-refractivity contribution is -0.00471. The summed E-state index contributed by atoms with van der Waals surface area (Å²) in [5, 5.41) is 8.12. The number of aromatic nitrogens is 2. The number of hydrogen-bond acceptors (Lipinski definition) is 4. The minimum absolute atomic E-state index is 0.399. The molecule has 0 spiro atoms. The molecule has 3 saturated heterocycles. The van der Waals surface area contributed by atoms with Gasteiger partial charge in [-0.3, -0.25) is 14.5 Å². The van der Waals surface area contributed by atoms with E-state index in [9.17, 15) is 0 Å². The lowest BCUT2D eigenvalue weighted by Crippen LogP contribution is -2.64. The molecule has 106 valence electrons. The van der Waals surface area contributed by atoms with Crippen molar-refractivity contribution in [1.82, 2.24) is 24.9 Å². The topological polar surface area (TPSA) is 36.3 Å². The van der Waals surface area contributed by atoms with Gasteiger partial charge in [0, 0.05) is 51.5 Å². The van der Waals surface area contributed by atoms with Crippen LogP contribution >= 0.6 is 0 Å². The van der Waals surface area contributed by atoms with Crippen LogP contribution in [0.3, 0.4) is 0 Å². The molecule has 0 aliphatic carbocycles. The molecular weight excluding hydrogens is 238 g/mol. The van der Waals surface area contributed by atoms with Crippen molar-refractivity contribution in [3.8, 4) is 0 Å². The summed E-state index contributed by atoms with van der Waals surface area (Å²) in [4.78, 5) is 5.25. The summed E-state index contributed by atoms with van der Waals surface area (Å²) in [6.45, 7) is 12.4. The van der Waals surface area contributed by atoms with E-state index in [4.69, 9.17) is 0 Å². The van der Waals surface area contributed by atoms with Gasteiger partial charge in [-0.1, -0.05) is 6.92 Å². The first-order valence-electron chi connectivity index (χ1n) is 7.55. The van der Waals surface area contributed by atoms with Crippen molar-refractivity contribution in [1.29, 1.82) is 0 Å². The minimum Gasteiger partial charge on any atom is -0.308 e. The van der Waals surface area contributed by atoms with Gasteiger partial charge in [-0.25, -0.2) is 0 Å². The SMILES string of the molecule is CCNC(c1ccnn1CC)C1CN2CCN1CC2.